The second-order valence-corrected chi connectivity index (χ2v) is 7.92. The van der Waals surface area contributed by atoms with Gasteiger partial charge in [-0.2, -0.15) is 4.31 Å². The van der Waals surface area contributed by atoms with Crippen molar-refractivity contribution in [2.45, 2.75) is 18.2 Å². The number of methoxy groups -OCH3 is 2. The highest BCUT2D eigenvalue weighted by molar-refractivity contribution is 7.89. The van der Waals surface area contributed by atoms with Crippen LogP contribution in [0.2, 0.25) is 0 Å². The summed E-state index contributed by atoms with van der Waals surface area (Å²) in [6, 6.07) is 11.6. The molecule has 0 bridgehead atoms. The Labute approximate surface area is 159 Å². The second-order valence-electron chi connectivity index (χ2n) is 5.98. The van der Waals surface area contributed by atoms with Gasteiger partial charge in [0, 0.05) is 6.54 Å². The Morgan fingerprint density at radius 1 is 1.04 bits per heavy atom. The van der Waals surface area contributed by atoms with Crippen LogP contribution in [0, 0.1) is 6.92 Å². The summed E-state index contributed by atoms with van der Waals surface area (Å²) in [4.78, 5) is 11.3. The standard InChI is InChI=1S/C19H23NO6S/c1-14-4-7-16(8-5-14)27(23,24)20(13-19(21)22)11-10-15-6-9-17(25-2)18(12-15)26-3/h4-9,12H,10-11,13H2,1-3H3,(H,21,22). The van der Waals surface area contributed by atoms with Crippen LogP contribution in [0.3, 0.4) is 0 Å². The maximum Gasteiger partial charge on any atom is 0.318 e. The lowest BCUT2D eigenvalue weighted by Crippen LogP contribution is -2.37. The molecule has 0 radical (unpaired) electrons. The Hall–Kier alpha value is -2.58. The molecule has 0 unspecified atom stereocenters. The number of carboxylic acids is 1. The van der Waals surface area contributed by atoms with Crippen molar-refractivity contribution < 1.29 is 27.8 Å². The first-order valence-electron chi connectivity index (χ1n) is 8.27. The van der Waals surface area contributed by atoms with E-state index in [1.165, 1.54) is 26.4 Å². The van der Waals surface area contributed by atoms with Gasteiger partial charge in [0.1, 0.15) is 6.54 Å². The fourth-order valence-electron chi connectivity index (χ4n) is 2.58. The Bertz CT molecular complexity index is 893. The fourth-order valence-corrected chi connectivity index (χ4v) is 3.97. The lowest BCUT2D eigenvalue weighted by molar-refractivity contribution is -0.137. The number of ether oxygens (including phenoxy) is 2. The van der Waals surface area contributed by atoms with Crippen LogP contribution in [-0.4, -0.2) is 51.1 Å². The van der Waals surface area contributed by atoms with Gasteiger partial charge in [0.15, 0.2) is 11.5 Å². The summed E-state index contributed by atoms with van der Waals surface area (Å²) >= 11 is 0. The minimum absolute atomic E-state index is 0.0258. The molecule has 0 spiro atoms. The minimum Gasteiger partial charge on any atom is -0.493 e. The number of nitrogens with zero attached hydrogens (tertiary/aromatic N) is 1. The lowest BCUT2D eigenvalue weighted by atomic mass is 10.1. The van der Waals surface area contributed by atoms with E-state index in [0.29, 0.717) is 17.9 Å². The predicted octanol–water partition coefficient (Wildman–Crippen LogP) is 2.33. The molecule has 0 aliphatic rings. The third kappa shape index (κ3) is 5.21. The molecule has 2 aromatic carbocycles. The first-order valence-corrected chi connectivity index (χ1v) is 9.71. The van der Waals surface area contributed by atoms with Crippen LogP contribution in [0.4, 0.5) is 0 Å². The monoisotopic (exact) mass is 393 g/mol. The van der Waals surface area contributed by atoms with Gasteiger partial charge < -0.3 is 14.6 Å². The maximum absolute atomic E-state index is 12.8. The SMILES string of the molecule is COc1ccc(CCN(CC(=O)O)S(=O)(=O)c2ccc(C)cc2)cc1OC. The summed E-state index contributed by atoms with van der Waals surface area (Å²) in [5.74, 6) is -0.116. The molecule has 2 aromatic rings. The van der Waals surface area contributed by atoms with Crippen molar-refractivity contribution >= 4 is 16.0 Å². The van der Waals surface area contributed by atoms with E-state index >= 15 is 0 Å². The molecule has 0 aliphatic carbocycles. The zero-order valence-corrected chi connectivity index (χ0v) is 16.3. The highest BCUT2D eigenvalue weighted by Gasteiger charge is 2.26. The average molecular weight is 393 g/mol. The molecule has 27 heavy (non-hydrogen) atoms. The number of rotatable bonds is 9. The van der Waals surface area contributed by atoms with Crippen LogP contribution in [-0.2, 0) is 21.2 Å². The zero-order chi connectivity index (χ0) is 20.0. The molecule has 2 rings (SSSR count). The lowest BCUT2D eigenvalue weighted by Gasteiger charge is -2.21. The Morgan fingerprint density at radius 3 is 2.22 bits per heavy atom. The van der Waals surface area contributed by atoms with E-state index < -0.39 is 22.5 Å². The minimum atomic E-state index is -3.91. The summed E-state index contributed by atoms with van der Waals surface area (Å²) < 4.78 is 37.1. The molecule has 8 heteroatoms. The number of sulfonamides is 1. The first kappa shape index (κ1) is 20.7. The Morgan fingerprint density at radius 2 is 1.67 bits per heavy atom. The summed E-state index contributed by atoms with van der Waals surface area (Å²) in [5, 5.41) is 9.14. The van der Waals surface area contributed by atoms with Crippen molar-refractivity contribution in [3.05, 3.63) is 53.6 Å². The van der Waals surface area contributed by atoms with Crippen molar-refractivity contribution in [3.8, 4) is 11.5 Å². The Kier molecular flexibility index (Phi) is 6.81. The number of aryl methyl sites for hydroxylation is 1. The van der Waals surface area contributed by atoms with Crippen LogP contribution < -0.4 is 9.47 Å². The summed E-state index contributed by atoms with van der Waals surface area (Å²) in [7, 11) is -0.873. The number of aliphatic carboxylic acids is 1. The zero-order valence-electron chi connectivity index (χ0n) is 15.5. The molecule has 0 fully saturated rings. The maximum atomic E-state index is 12.8. The highest BCUT2D eigenvalue weighted by atomic mass is 32.2. The summed E-state index contributed by atoms with van der Waals surface area (Å²) in [6.07, 6.45) is 0.332. The average Bonchev–Trinajstić information content (AvgIpc) is 2.64. The molecular weight excluding hydrogens is 370 g/mol. The molecule has 0 atom stereocenters. The number of hydrogen-bond acceptors (Lipinski definition) is 5. The van der Waals surface area contributed by atoms with Gasteiger partial charge in [0.25, 0.3) is 0 Å². The van der Waals surface area contributed by atoms with E-state index in [9.17, 15) is 13.2 Å². The highest BCUT2D eigenvalue weighted by Crippen LogP contribution is 2.28. The van der Waals surface area contributed by atoms with Crippen LogP contribution in [0.25, 0.3) is 0 Å². The molecule has 0 saturated heterocycles. The second kappa shape index (κ2) is 8.88. The van der Waals surface area contributed by atoms with Gasteiger partial charge in [0.2, 0.25) is 10.0 Å². The Balaban J connectivity index is 2.24. The molecule has 0 heterocycles. The number of benzene rings is 2. The molecule has 146 valence electrons. The van der Waals surface area contributed by atoms with Gasteiger partial charge in [-0.3, -0.25) is 4.79 Å². The summed E-state index contributed by atoms with van der Waals surface area (Å²) in [5.41, 5.74) is 1.73. The largest absolute Gasteiger partial charge is 0.493 e. The van der Waals surface area contributed by atoms with Crippen LogP contribution in [0.1, 0.15) is 11.1 Å². The van der Waals surface area contributed by atoms with Crippen molar-refractivity contribution in [2.75, 3.05) is 27.3 Å². The van der Waals surface area contributed by atoms with Crippen LogP contribution >= 0.6 is 0 Å². The first-order chi connectivity index (χ1) is 12.8. The molecule has 7 nitrogen and oxygen atoms in total. The molecule has 0 aliphatic heterocycles. The van der Waals surface area contributed by atoms with Crippen molar-refractivity contribution in [3.63, 3.8) is 0 Å². The van der Waals surface area contributed by atoms with Gasteiger partial charge >= 0.3 is 5.97 Å². The molecule has 0 amide bonds. The number of carbonyl (C=O) groups is 1. The third-order valence-corrected chi connectivity index (χ3v) is 5.93. The number of carboxylic acid groups (broad SMARTS) is 1. The van der Waals surface area contributed by atoms with Crippen LogP contribution in [0.5, 0.6) is 11.5 Å². The van der Waals surface area contributed by atoms with Gasteiger partial charge in [-0.05, 0) is 43.2 Å². The fraction of sp³-hybridized carbons (Fsp3) is 0.316. The van der Waals surface area contributed by atoms with Gasteiger partial charge in [0.05, 0.1) is 19.1 Å². The molecular formula is C19H23NO6S. The number of hydrogen-bond donors (Lipinski definition) is 1. The smallest absolute Gasteiger partial charge is 0.318 e. The van der Waals surface area contributed by atoms with Crippen molar-refractivity contribution in [2.24, 2.45) is 0 Å². The van der Waals surface area contributed by atoms with Crippen molar-refractivity contribution in [1.29, 1.82) is 0 Å². The van der Waals surface area contributed by atoms with Crippen molar-refractivity contribution in [1.82, 2.24) is 4.31 Å². The van der Waals surface area contributed by atoms with E-state index in [1.807, 2.05) is 6.92 Å². The van der Waals surface area contributed by atoms with E-state index in [0.717, 1.165) is 15.4 Å². The van der Waals surface area contributed by atoms with E-state index in [1.54, 1.807) is 30.3 Å². The third-order valence-electron chi connectivity index (χ3n) is 4.07. The van der Waals surface area contributed by atoms with E-state index in [4.69, 9.17) is 14.6 Å². The topological polar surface area (TPSA) is 93.1 Å². The quantitative estimate of drug-likeness (QED) is 0.703. The predicted molar refractivity (Wildman–Crippen MR) is 101 cm³/mol. The summed E-state index contributed by atoms with van der Waals surface area (Å²) in [6.45, 7) is 1.27. The van der Waals surface area contributed by atoms with E-state index in [-0.39, 0.29) is 11.4 Å². The van der Waals surface area contributed by atoms with Gasteiger partial charge in [-0.1, -0.05) is 23.8 Å². The molecule has 1 N–H and O–H groups in total. The molecule has 0 saturated carbocycles. The normalized spacial score (nSPS) is 11.4. The van der Waals surface area contributed by atoms with E-state index in [2.05, 4.69) is 0 Å². The van der Waals surface area contributed by atoms with Gasteiger partial charge in [-0.15, -0.1) is 0 Å². The van der Waals surface area contributed by atoms with Crippen LogP contribution in [0.15, 0.2) is 47.4 Å². The molecule has 0 aromatic heterocycles. The van der Waals surface area contributed by atoms with Gasteiger partial charge in [-0.25, -0.2) is 8.42 Å².